The molecule has 0 radical (unpaired) electrons. The molecule has 0 bridgehead atoms. The fourth-order valence-corrected chi connectivity index (χ4v) is 1.90. The summed E-state index contributed by atoms with van der Waals surface area (Å²) in [5.41, 5.74) is 0.305. The number of amides is 1. The molecule has 0 saturated heterocycles. The number of rotatable bonds is 9. The minimum atomic E-state index is -0.925. The second-order valence-electron chi connectivity index (χ2n) is 4.80. The molecule has 0 unspecified atom stereocenters. The molecule has 132 valence electrons. The van der Waals surface area contributed by atoms with Crippen LogP contribution < -0.4 is 10.6 Å². The molecule has 0 fully saturated rings. The lowest BCUT2D eigenvalue weighted by Crippen LogP contribution is -2.42. The Hall–Kier alpha value is -2.64. The van der Waals surface area contributed by atoms with E-state index in [-0.39, 0.29) is 26.1 Å². The van der Waals surface area contributed by atoms with Crippen LogP contribution in [0.3, 0.4) is 0 Å². The maximum atomic E-state index is 12.2. The minimum absolute atomic E-state index is 0.00848. The third-order valence-corrected chi connectivity index (χ3v) is 3.10. The number of anilines is 1. The Morgan fingerprint density at radius 3 is 2.42 bits per heavy atom. The number of hydrogen-bond acceptors (Lipinski definition) is 7. The quantitative estimate of drug-likeness (QED) is 0.650. The van der Waals surface area contributed by atoms with Gasteiger partial charge in [0.2, 0.25) is 0 Å². The molecule has 8 heteroatoms. The van der Waals surface area contributed by atoms with Gasteiger partial charge in [0, 0.05) is 19.7 Å². The Kier molecular flexibility index (Phi) is 8.24. The van der Waals surface area contributed by atoms with Crippen molar-refractivity contribution in [3.63, 3.8) is 0 Å². The van der Waals surface area contributed by atoms with Crippen molar-refractivity contribution in [3.05, 3.63) is 23.9 Å². The number of carbonyl (C=O) groups is 3. The molecule has 1 heterocycles. The zero-order valence-corrected chi connectivity index (χ0v) is 14.1. The van der Waals surface area contributed by atoms with Crippen LogP contribution in [0.1, 0.15) is 37.0 Å². The lowest BCUT2D eigenvalue weighted by atomic mass is 10.1. The highest BCUT2D eigenvalue weighted by molar-refractivity contribution is 5.96. The molecule has 2 N–H and O–H groups in total. The number of ether oxygens (including phenoxy) is 2. The summed E-state index contributed by atoms with van der Waals surface area (Å²) >= 11 is 0. The van der Waals surface area contributed by atoms with Gasteiger partial charge < -0.3 is 20.1 Å². The van der Waals surface area contributed by atoms with Crippen LogP contribution in [0.5, 0.6) is 0 Å². The van der Waals surface area contributed by atoms with Crippen LogP contribution in [-0.4, -0.2) is 49.1 Å². The summed E-state index contributed by atoms with van der Waals surface area (Å²) in [6, 6.07) is 2.31. The molecule has 0 aromatic carbocycles. The zero-order valence-electron chi connectivity index (χ0n) is 14.1. The first-order chi connectivity index (χ1) is 11.5. The van der Waals surface area contributed by atoms with Crippen LogP contribution in [0, 0.1) is 0 Å². The average molecular weight is 337 g/mol. The molecule has 0 aliphatic heterocycles. The Bertz CT molecular complexity index is 559. The second-order valence-corrected chi connectivity index (χ2v) is 4.80. The van der Waals surface area contributed by atoms with Gasteiger partial charge in [0.15, 0.2) is 0 Å². The first-order valence-electron chi connectivity index (χ1n) is 7.78. The Morgan fingerprint density at radius 1 is 1.17 bits per heavy atom. The first-order valence-corrected chi connectivity index (χ1v) is 7.78. The molecule has 0 aliphatic carbocycles. The topological polar surface area (TPSA) is 107 Å². The number of hydrogen-bond donors (Lipinski definition) is 2. The number of carbonyl (C=O) groups excluding carboxylic acids is 3. The summed E-state index contributed by atoms with van der Waals surface area (Å²) in [7, 11) is 1.72. The minimum Gasteiger partial charge on any atom is -0.466 e. The molecule has 0 aliphatic rings. The summed E-state index contributed by atoms with van der Waals surface area (Å²) < 4.78 is 9.76. The van der Waals surface area contributed by atoms with Crippen LogP contribution in [-0.2, 0) is 19.1 Å². The largest absolute Gasteiger partial charge is 0.466 e. The number of aromatic nitrogens is 1. The van der Waals surface area contributed by atoms with Gasteiger partial charge in [0.1, 0.15) is 11.9 Å². The van der Waals surface area contributed by atoms with E-state index in [0.717, 1.165) is 0 Å². The van der Waals surface area contributed by atoms with E-state index in [1.54, 1.807) is 33.0 Å². The Morgan fingerprint density at radius 2 is 1.88 bits per heavy atom. The fourth-order valence-electron chi connectivity index (χ4n) is 1.90. The van der Waals surface area contributed by atoms with Crippen molar-refractivity contribution in [3.8, 4) is 0 Å². The normalized spacial score (nSPS) is 11.3. The number of pyridine rings is 1. The van der Waals surface area contributed by atoms with Gasteiger partial charge in [-0.25, -0.2) is 9.78 Å². The van der Waals surface area contributed by atoms with Crippen LogP contribution in [0.4, 0.5) is 5.82 Å². The molecule has 24 heavy (non-hydrogen) atoms. The molecule has 1 amide bonds. The number of esters is 2. The van der Waals surface area contributed by atoms with Crippen LogP contribution >= 0.6 is 0 Å². The molecule has 1 aromatic rings. The van der Waals surface area contributed by atoms with E-state index < -0.39 is 23.9 Å². The standard InChI is InChI=1S/C16H23N3O5/c1-4-23-14(20)9-7-12(16(22)24-5-2)19-15(21)11-6-8-13(17-3)18-10-11/h6,8,10,12H,4-5,7,9H2,1-3H3,(H,17,18)(H,19,21)/t12-/m0/s1. The van der Waals surface area contributed by atoms with Gasteiger partial charge in [-0.2, -0.15) is 0 Å². The van der Waals surface area contributed by atoms with Crippen molar-refractivity contribution in [1.29, 1.82) is 0 Å². The maximum Gasteiger partial charge on any atom is 0.328 e. The molecule has 0 saturated carbocycles. The van der Waals surface area contributed by atoms with Gasteiger partial charge >= 0.3 is 11.9 Å². The lowest BCUT2D eigenvalue weighted by Gasteiger charge is -2.17. The highest BCUT2D eigenvalue weighted by atomic mass is 16.5. The van der Waals surface area contributed by atoms with Crippen molar-refractivity contribution < 1.29 is 23.9 Å². The van der Waals surface area contributed by atoms with E-state index in [4.69, 9.17) is 9.47 Å². The van der Waals surface area contributed by atoms with E-state index in [2.05, 4.69) is 15.6 Å². The molecule has 1 rings (SSSR count). The van der Waals surface area contributed by atoms with Crippen LogP contribution in [0.15, 0.2) is 18.3 Å². The third kappa shape index (κ3) is 6.23. The van der Waals surface area contributed by atoms with Crippen molar-refractivity contribution in [2.45, 2.75) is 32.7 Å². The SMILES string of the molecule is CCOC(=O)CC[C@H](NC(=O)c1ccc(NC)nc1)C(=O)OCC. The summed E-state index contributed by atoms with van der Waals surface area (Å²) in [6.45, 7) is 3.81. The monoisotopic (exact) mass is 337 g/mol. The van der Waals surface area contributed by atoms with Gasteiger partial charge in [0.25, 0.3) is 5.91 Å². The fraction of sp³-hybridized carbons (Fsp3) is 0.500. The zero-order chi connectivity index (χ0) is 17.9. The predicted molar refractivity (Wildman–Crippen MR) is 87.5 cm³/mol. The van der Waals surface area contributed by atoms with Crippen molar-refractivity contribution in [2.75, 3.05) is 25.6 Å². The van der Waals surface area contributed by atoms with E-state index in [1.807, 2.05) is 0 Å². The molecular weight excluding hydrogens is 314 g/mol. The summed E-state index contributed by atoms with van der Waals surface area (Å²) in [6.07, 6.45) is 1.51. The van der Waals surface area contributed by atoms with Crippen molar-refractivity contribution in [1.82, 2.24) is 10.3 Å². The molecule has 1 aromatic heterocycles. The number of nitrogens with one attached hydrogen (secondary N) is 2. The smallest absolute Gasteiger partial charge is 0.328 e. The number of nitrogens with zero attached hydrogens (tertiary/aromatic N) is 1. The van der Waals surface area contributed by atoms with Gasteiger partial charge in [-0.1, -0.05) is 0 Å². The Balaban J connectivity index is 2.72. The van der Waals surface area contributed by atoms with Crippen molar-refractivity contribution in [2.24, 2.45) is 0 Å². The molecule has 1 atom stereocenters. The van der Waals surface area contributed by atoms with E-state index >= 15 is 0 Å². The maximum absolute atomic E-state index is 12.2. The van der Waals surface area contributed by atoms with Crippen LogP contribution in [0.25, 0.3) is 0 Å². The van der Waals surface area contributed by atoms with Gasteiger partial charge in [0.05, 0.1) is 18.8 Å². The summed E-state index contributed by atoms with van der Waals surface area (Å²) in [5, 5.41) is 5.42. The highest BCUT2D eigenvalue weighted by Gasteiger charge is 2.24. The second kappa shape index (κ2) is 10.2. The van der Waals surface area contributed by atoms with E-state index in [0.29, 0.717) is 11.4 Å². The van der Waals surface area contributed by atoms with E-state index in [1.165, 1.54) is 6.20 Å². The lowest BCUT2D eigenvalue weighted by molar-refractivity contribution is -0.146. The molecule has 8 nitrogen and oxygen atoms in total. The van der Waals surface area contributed by atoms with Gasteiger partial charge in [-0.05, 0) is 32.4 Å². The first kappa shape index (κ1) is 19.4. The highest BCUT2D eigenvalue weighted by Crippen LogP contribution is 2.07. The molecule has 0 spiro atoms. The van der Waals surface area contributed by atoms with Crippen LogP contribution in [0.2, 0.25) is 0 Å². The van der Waals surface area contributed by atoms with Gasteiger partial charge in [-0.15, -0.1) is 0 Å². The predicted octanol–water partition coefficient (Wildman–Crippen LogP) is 1.13. The van der Waals surface area contributed by atoms with E-state index in [9.17, 15) is 14.4 Å². The summed E-state index contributed by atoms with van der Waals surface area (Å²) in [5.74, 6) is -0.862. The summed E-state index contributed by atoms with van der Waals surface area (Å²) in [4.78, 5) is 39.7. The van der Waals surface area contributed by atoms with Crippen molar-refractivity contribution >= 4 is 23.7 Å². The third-order valence-electron chi connectivity index (χ3n) is 3.10. The average Bonchev–Trinajstić information content (AvgIpc) is 2.58. The van der Waals surface area contributed by atoms with Gasteiger partial charge in [-0.3, -0.25) is 9.59 Å². The Labute approximate surface area is 140 Å². The molecular formula is C16H23N3O5.